The number of nitrogens with zero attached hydrogens (tertiary/aromatic N) is 1. The van der Waals surface area contributed by atoms with Crippen molar-refractivity contribution in [3.05, 3.63) is 0 Å². The lowest BCUT2D eigenvalue weighted by Crippen LogP contribution is -2.66. The van der Waals surface area contributed by atoms with E-state index in [1.165, 1.54) is 0 Å². The van der Waals surface area contributed by atoms with Crippen LogP contribution in [-0.4, -0.2) is 60.4 Å². The molecule has 2 aliphatic heterocycles. The summed E-state index contributed by atoms with van der Waals surface area (Å²) in [5.74, 6) is 0.503. The Morgan fingerprint density at radius 1 is 1.44 bits per heavy atom. The normalized spacial score (nSPS) is 34.4. The van der Waals surface area contributed by atoms with Crippen LogP contribution in [0.15, 0.2) is 0 Å². The number of ether oxygens (including phenoxy) is 1. The van der Waals surface area contributed by atoms with Gasteiger partial charge in [0.25, 0.3) is 0 Å². The third kappa shape index (κ3) is 2.04. The number of nitrogens with one attached hydrogen (secondary N) is 1. The summed E-state index contributed by atoms with van der Waals surface area (Å²) in [6.45, 7) is 5.05. The van der Waals surface area contributed by atoms with E-state index >= 15 is 0 Å². The standard InChI is InChI=1S/C13H22N2O3/c1-2-14-11-6-18-5-10(11)12(16)15-7-13(17,8-15)9-3-4-9/h9-11,14,17H,2-8H2,1H3. The van der Waals surface area contributed by atoms with Crippen LogP contribution < -0.4 is 5.32 Å². The number of carbonyl (C=O) groups is 1. The van der Waals surface area contributed by atoms with Crippen LogP contribution in [0.5, 0.6) is 0 Å². The number of rotatable bonds is 4. The van der Waals surface area contributed by atoms with E-state index in [0.717, 1.165) is 19.4 Å². The Morgan fingerprint density at radius 3 is 2.78 bits per heavy atom. The Bertz CT molecular complexity index is 337. The van der Waals surface area contributed by atoms with Crippen molar-refractivity contribution in [1.82, 2.24) is 10.2 Å². The van der Waals surface area contributed by atoms with Gasteiger partial charge in [0.15, 0.2) is 0 Å². The fourth-order valence-corrected chi connectivity index (χ4v) is 3.14. The van der Waals surface area contributed by atoms with Crippen LogP contribution in [0.1, 0.15) is 19.8 Å². The van der Waals surface area contributed by atoms with E-state index < -0.39 is 5.60 Å². The molecule has 1 amide bonds. The van der Waals surface area contributed by atoms with E-state index in [2.05, 4.69) is 5.32 Å². The van der Waals surface area contributed by atoms with Gasteiger partial charge in [-0.15, -0.1) is 0 Å². The van der Waals surface area contributed by atoms with Crippen LogP contribution >= 0.6 is 0 Å². The average Bonchev–Trinajstić information content (AvgIpc) is 3.06. The Kier molecular flexibility index (Phi) is 3.08. The molecule has 0 bridgehead atoms. The zero-order valence-corrected chi connectivity index (χ0v) is 10.9. The summed E-state index contributed by atoms with van der Waals surface area (Å²) in [7, 11) is 0. The third-order valence-electron chi connectivity index (χ3n) is 4.44. The first-order chi connectivity index (χ1) is 8.64. The predicted octanol–water partition coefficient (Wildman–Crippen LogP) is -0.406. The first-order valence-electron chi connectivity index (χ1n) is 6.96. The Balaban J connectivity index is 1.55. The second-order valence-electron chi connectivity index (χ2n) is 5.88. The van der Waals surface area contributed by atoms with Gasteiger partial charge < -0.3 is 20.1 Å². The van der Waals surface area contributed by atoms with Gasteiger partial charge in [-0.05, 0) is 25.3 Å². The fourth-order valence-electron chi connectivity index (χ4n) is 3.14. The number of β-amino-alcohol motifs (C(OH)–C–C–N with tert-alkyl or cyclic N) is 1. The summed E-state index contributed by atoms with van der Waals surface area (Å²) in [5.41, 5.74) is -0.581. The average molecular weight is 254 g/mol. The quantitative estimate of drug-likeness (QED) is 0.716. The van der Waals surface area contributed by atoms with E-state index in [9.17, 15) is 9.90 Å². The number of likely N-dealkylation sites (tertiary alicyclic amines) is 1. The molecule has 0 radical (unpaired) electrons. The van der Waals surface area contributed by atoms with Gasteiger partial charge in [-0.2, -0.15) is 0 Å². The zero-order chi connectivity index (χ0) is 12.8. The van der Waals surface area contributed by atoms with Gasteiger partial charge in [0.2, 0.25) is 5.91 Å². The minimum atomic E-state index is -0.581. The van der Waals surface area contributed by atoms with Gasteiger partial charge in [0.05, 0.1) is 32.2 Å². The lowest BCUT2D eigenvalue weighted by Gasteiger charge is -2.48. The molecule has 0 aromatic carbocycles. The Labute approximate surface area is 107 Å². The van der Waals surface area contributed by atoms with Crippen molar-refractivity contribution >= 4 is 5.91 Å². The van der Waals surface area contributed by atoms with Gasteiger partial charge in [-0.25, -0.2) is 0 Å². The fraction of sp³-hybridized carbons (Fsp3) is 0.923. The summed E-state index contributed by atoms with van der Waals surface area (Å²) >= 11 is 0. The molecule has 3 aliphatic rings. The maximum Gasteiger partial charge on any atom is 0.229 e. The van der Waals surface area contributed by atoms with Crippen molar-refractivity contribution in [2.24, 2.45) is 11.8 Å². The highest BCUT2D eigenvalue weighted by Gasteiger charge is 2.54. The van der Waals surface area contributed by atoms with Crippen molar-refractivity contribution in [3.63, 3.8) is 0 Å². The summed E-state index contributed by atoms with van der Waals surface area (Å²) in [6.07, 6.45) is 2.23. The SMILES string of the molecule is CCNC1COCC1C(=O)N1CC(O)(C2CC2)C1. The molecule has 2 unspecified atom stereocenters. The summed E-state index contributed by atoms with van der Waals surface area (Å²) in [5, 5.41) is 13.5. The maximum atomic E-state index is 12.3. The van der Waals surface area contributed by atoms with E-state index in [4.69, 9.17) is 4.74 Å². The molecule has 18 heavy (non-hydrogen) atoms. The molecular formula is C13H22N2O3. The van der Waals surface area contributed by atoms with Crippen LogP contribution in [-0.2, 0) is 9.53 Å². The van der Waals surface area contributed by atoms with Crippen molar-refractivity contribution < 1.29 is 14.6 Å². The number of carbonyl (C=O) groups excluding carboxylic acids is 1. The lowest BCUT2D eigenvalue weighted by atomic mass is 9.87. The van der Waals surface area contributed by atoms with Crippen LogP contribution in [0.2, 0.25) is 0 Å². The second kappa shape index (κ2) is 4.47. The summed E-state index contributed by atoms with van der Waals surface area (Å²) in [4.78, 5) is 14.1. The number of likely N-dealkylation sites (N-methyl/N-ethyl adjacent to an activating group) is 1. The highest BCUT2D eigenvalue weighted by Crippen LogP contribution is 2.44. The van der Waals surface area contributed by atoms with Gasteiger partial charge in [0.1, 0.15) is 5.60 Å². The zero-order valence-electron chi connectivity index (χ0n) is 10.9. The van der Waals surface area contributed by atoms with Gasteiger partial charge >= 0.3 is 0 Å². The molecule has 0 aromatic heterocycles. The van der Waals surface area contributed by atoms with Crippen molar-refractivity contribution in [1.29, 1.82) is 0 Å². The van der Waals surface area contributed by atoms with Crippen molar-refractivity contribution in [2.45, 2.75) is 31.4 Å². The first-order valence-corrected chi connectivity index (χ1v) is 6.96. The lowest BCUT2D eigenvalue weighted by molar-refractivity contribution is -0.163. The van der Waals surface area contributed by atoms with Crippen molar-refractivity contribution in [2.75, 3.05) is 32.8 Å². The Morgan fingerprint density at radius 2 is 2.17 bits per heavy atom. The third-order valence-corrected chi connectivity index (χ3v) is 4.44. The molecule has 2 N–H and O–H groups in total. The monoisotopic (exact) mass is 254 g/mol. The molecule has 3 rings (SSSR count). The van der Waals surface area contributed by atoms with Gasteiger partial charge in [-0.1, -0.05) is 6.92 Å². The van der Waals surface area contributed by atoms with Gasteiger partial charge in [0, 0.05) is 6.04 Å². The number of hydrogen-bond donors (Lipinski definition) is 2. The first kappa shape index (κ1) is 12.4. The number of amides is 1. The molecule has 1 aliphatic carbocycles. The van der Waals surface area contributed by atoms with E-state index in [1.54, 1.807) is 4.90 Å². The molecule has 5 heteroatoms. The second-order valence-corrected chi connectivity index (χ2v) is 5.88. The molecular weight excluding hydrogens is 232 g/mol. The van der Waals surface area contributed by atoms with Crippen LogP contribution in [0.25, 0.3) is 0 Å². The highest BCUT2D eigenvalue weighted by atomic mass is 16.5. The molecule has 0 spiro atoms. The molecule has 2 heterocycles. The smallest absolute Gasteiger partial charge is 0.229 e. The molecule has 2 atom stereocenters. The van der Waals surface area contributed by atoms with Crippen molar-refractivity contribution in [3.8, 4) is 0 Å². The van der Waals surface area contributed by atoms with Crippen LogP contribution in [0, 0.1) is 11.8 Å². The van der Waals surface area contributed by atoms with E-state index in [1.807, 2.05) is 6.92 Å². The highest BCUT2D eigenvalue weighted by molar-refractivity contribution is 5.81. The number of hydrogen-bond acceptors (Lipinski definition) is 4. The largest absolute Gasteiger partial charge is 0.386 e. The summed E-state index contributed by atoms with van der Waals surface area (Å²) < 4.78 is 5.40. The van der Waals surface area contributed by atoms with E-state index in [0.29, 0.717) is 32.2 Å². The minimum Gasteiger partial charge on any atom is -0.386 e. The van der Waals surface area contributed by atoms with E-state index in [-0.39, 0.29) is 17.9 Å². The predicted molar refractivity (Wildman–Crippen MR) is 66.0 cm³/mol. The Hall–Kier alpha value is -0.650. The molecule has 3 fully saturated rings. The number of aliphatic hydroxyl groups is 1. The van der Waals surface area contributed by atoms with Gasteiger partial charge in [-0.3, -0.25) is 4.79 Å². The molecule has 1 saturated carbocycles. The summed E-state index contributed by atoms with van der Waals surface area (Å²) in [6, 6.07) is 0.136. The molecule has 2 saturated heterocycles. The molecule has 0 aromatic rings. The molecule has 5 nitrogen and oxygen atoms in total. The maximum absolute atomic E-state index is 12.3. The van der Waals surface area contributed by atoms with Crippen LogP contribution in [0.4, 0.5) is 0 Å². The minimum absolute atomic E-state index is 0.0753. The molecule has 102 valence electrons. The topological polar surface area (TPSA) is 61.8 Å². The van der Waals surface area contributed by atoms with Crippen LogP contribution in [0.3, 0.4) is 0 Å².